The molecule has 78 valence electrons. The van der Waals surface area contributed by atoms with Gasteiger partial charge in [0, 0.05) is 5.56 Å². The summed E-state index contributed by atoms with van der Waals surface area (Å²) >= 11 is 0. The van der Waals surface area contributed by atoms with Crippen molar-refractivity contribution in [1.29, 1.82) is 0 Å². The van der Waals surface area contributed by atoms with Crippen LogP contribution in [-0.4, -0.2) is 22.2 Å². The van der Waals surface area contributed by atoms with Gasteiger partial charge in [-0.2, -0.15) is 0 Å². The van der Waals surface area contributed by atoms with E-state index < -0.39 is 11.9 Å². The lowest BCUT2D eigenvalue weighted by atomic mass is 10.0. The molecule has 0 aliphatic carbocycles. The average Bonchev–Trinajstić information content (AvgIpc) is 2.25. The van der Waals surface area contributed by atoms with Crippen molar-refractivity contribution >= 4 is 11.9 Å². The first-order chi connectivity index (χ1) is 7.57. The summed E-state index contributed by atoms with van der Waals surface area (Å²) in [4.78, 5) is 21.7. The van der Waals surface area contributed by atoms with E-state index in [1.807, 2.05) is 5.92 Å². The summed E-state index contributed by atoms with van der Waals surface area (Å²) in [5.74, 6) is 4.02. The fourth-order valence-electron chi connectivity index (χ4n) is 1.17. The molecule has 0 aromatic heterocycles. The number of rotatable bonds is 2. The summed E-state index contributed by atoms with van der Waals surface area (Å²) in [6.07, 6.45) is 4.91. The van der Waals surface area contributed by atoms with E-state index in [1.165, 1.54) is 18.2 Å². The third-order valence-electron chi connectivity index (χ3n) is 1.78. The molecule has 0 aliphatic rings. The van der Waals surface area contributed by atoms with Crippen LogP contribution in [0.4, 0.5) is 0 Å². The van der Waals surface area contributed by atoms with Crippen LogP contribution >= 0.6 is 0 Å². The molecule has 0 unspecified atom stereocenters. The van der Waals surface area contributed by atoms with E-state index in [2.05, 4.69) is 11.8 Å². The Hall–Kier alpha value is -2.72. The Balaban J connectivity index is 3.52. The molecule has 1 aromatic rings. The van der Waals surface area contributed by atoms with E-state index >= 15 is 0 Å². The maximum Gasteiger partial charge on any atom is 0.337 e. The molecule has 0 aliphatic heterocycles. The lowest BCUT2D eigenvalue weighted by Gasteiger charge is -2.03. The van der Waals surface area contributed by atoms with Crippen LogP contribution < -0.4 is 0 Å². The summed E-state index contributed by atoms with van der Waals surface area (Å²) < 4.78 is 0. The van der Waals surface area contributed by atoms with Gasteiger partial charge in [-0.1, -0.05) is 12.0 Å². The van der Waals surface area contributed by atoms with Crippen molar-refractivity contribution in [2.45, 2.75) is 0 Å². The first kappa shape index (κ1) is 11.4. The third kappa shape index (κ3) is 2.20. The summed E-state index contributed by atoms with van der Waals surface area (Å²) in [6, 6.07) is 4.02. The molecule has 0 atom stereocenters. The van der Waals surface area contributed by atoms with E-state index in [4.69, 9.17) is 16.6 Å². The van der Waals surface area contributed by atoms with Gasteiger partial charge in [-0.25, -0.2) is 9.59 Å². The van der Waals surface area contributed by atoms with Gasteiger partial charge in [-0.05, 0) is 24.0 Å². The number of carboxylic acids is 2. The highest BCUT2D eigenvalue weighted by atomic mass is 16.4. The Bertz CT molecular complexity index is 553. The number of hydrogen-bond acceptors (Lipinski definition) is 2. The minimum Gasteiger partial charge on any atom is -0.478 e. The number of aromatic carboxylic acids is 2. The number of hydrogen-bond donors (Lipinski definition) is 2. The molecule has 0 fully saturated rings. The van der Waals surface area contributed by atoms with Crippen LogP contribution in [0.15, 0.2) is 18.2 Å². The molecule has 0 saturated carbocycles. The van der Waals surface area contributed by atoms with Gasteiger partial charge in [0.15, 0.2) is 0 Å². The first-order valence-electron chi connectivity index (χ1n) is 4.14. The smallest absolute Gasteiger partial charge is 0.337 e. The Morgan fingerprint density at radius 3 is 2.38 bits per heavy atom. The quantitative estimate of drug-likeness (QED) is 0.722. The van der Waals surface area contributed by atoms with Crippen molar-refractivity contribution in [3.05, 3.63) is 34.9 Å². The summed E-state index contributed by atoms with van der Waals surface area (Å²) in [5, 5.41) is 17.7. The highest BCUT2D eigenvalue weighted by Gasteiger charge is 2.18. The van der Waals surface area contributed by atoms with Crippen molar-refractivity contribution < 1.29 is 19.8 Å². The molecule has 0 radical (unpaired) electrons. The van der Waals surface area contributed by atoms with Crippen molar-refractivity contribution in [3.63, 3.8) is 0 Å². The predicted octanol–water partition coefficient (Wildman–Crippen LogP) is 1.07. The van der Waals surface area contributed by atoms with Gasteiger partial charge >= 0.3 is 11.9 Å². The largest absolute Gasteiger partial charge is 0.478 e. The predicted molar refractivity (Wildman–Crippen MR) is 56.1 cm³/mol. The van der Waals surface area contributed by atoms with Gasteiger partial charge in [0.05, 0.1) is 11.1 Å². The molecule has 2 N–H and O–H groups in total. The number of benzene rings is 1. The van der Waals surface area contributed by atoms with E-state index in [1.54, 1.807) is 0 Å². The van der Waals surface area contributed by atoms with Crippen LogP contribution in [0.25, 0.3) is 0 Å². The molecular weight excluding hydrogens is 208 g/mol. The van der Waals surface area contributed by atoms with Gasteiger partial charge in [0.25, 0.3) is 0 Å². The highest BCUT2D eigenvalue weighted by molar-refractivity contribution is 6.03. The lowest BCUT2D eigenvalue weighted by Crippen LogP contribution is -2.10. The van der Waals surface area contributed by atoms with Crippen LogP contribution in [0, 0.1) is 24.2 Å². The summed E-state index contributed by atoms with van der Waals surface area (Å²) in [7, 11) is 0. The second-order valence-electron chi connectivity index (χ2n) is 2.73. The zero-order valence-corrected chi connectivity index (χ0v) is 8.02. The number of carboxylic acid groups (broad SMARTS) is 2. The highest BCUT2D eigenvalue weighted by Crippen LogP contribution is 2.14. The second kappa shape index (κ2) is 4.68. The molecule has 0 amide bonds. The standard InChI is InChI=1S/C12H6O4/c1-2-3-5-8-6-4-7-9(11(13)14)10(8)12(15)16/h1,4,6-7H,(H,13,14)(H,15,16). The van der Waals surface area contributed by atoms with Crippen LogP contribution in [0.3, 0.4) is 0 Å². The molecule has 4 heteroatoms. The Labute approximate surface area is 91.5 Å². The van der Waals surface area contributed by atoms with E-state index in [9.17, 15) is 9.59 Å². The average molecular weight is 214 g/mol. The molecule has 0 bridgehead atoms. The zero-order chi connectivity index (χ0) is 12.1. The number of terminal acetylenes is 1. The molecule has 1 rings (SSSR count). The molecule has 16 heavy (non-hydrogen) atoms. The lowest BCUT2D eigenvalue weighted by molar-refractivity contribution is 0.0651. The number of carbonyl (C=O) groups is 2. The normalized spacial score (nSPS) is 8.44. The maximum absolute atomic E-state index is 10.9. The molecule has 0 spiro atoms. The van der Waals surface area contributed by atoms with E-state index in [0.29, 0.717) is 0 Å². The van der Waals surface area contributed by atoms with Gasteiger partial charge in [-0.3, -0.25) is 0 Å². The molecule has 1 aromatic carbocycles. The van der Waals surface area contributed by atoms with E-state index in [-0.39, 0.29) is 16.7 Å². The van der Waals surface area contributed by atoms with Crippen LogP contribution in [0.2, 0.25) is 0 Å². The molecule has 0 saturated heterocycles. The van der Waals surface area contributed by atoms with Crippen molar-refractivity contribution in [1.82, 2.24) is 0 Å². The van der Waals surface area contributed by atoms with Crippen molar-refractivity contribution in [2.75, 3.05) is 0 Å². The Morgan fingerprint density at radius 2 is 1.88 bits per heavy atom. The third-order valence-corrected chi connectivity index (χ3v) is 1.78. The molecule has 0 heterocycles. The molecular formula is C12H6O4. The minimum atomic E-state index is -1.35. The monoisotopic (exact) mass is 214 g/mol. The second-order valence-corrected chi connectivity index (χ2v) is 2.73. The minimum absolute atomic E-state index is 0.0883. The van der Waals surface area contributed by atoms with Crippen LogP contribution in [-0.2, 0) is 0 Å². The van der Waals surface area contributed by atoms with Crippen molar-refractivity contribution in [2.24, 2.45) is 0 Å². The summed E-state index contributed by atoms with van der Waals surface area (Å²) in [5.41, 5.74) is -0.570. The summed E-state index contributed by atoms with van der Waals surface area (Å²) in [6.45, 7) is 0. The SMILES string of the molecule is C#CC#Cc1cccc(C(=O)O)c1C(=O)O. The molecule has 4 nitrogen and oxygen atoms in total. The van der Waals surface area contributed by atoms with Gasteiger partial charge in [-0.15, -0.1) is 6.42 Å². The van der Waals surface area contributed by atoms with Crippen molar-refractivity contribution in [3.8, 4) is 24.2 Å². The fourth-order valence-corrected chi connectivity index (χ4v) is 1.17. The van der Waals surface area contributed by atoms with Gasteiger partial charge in [0.2, 0.25) is 0 Å². The fraction of sp³-hybridized carbons (Fsp3) is 0. The van der Waals surface area contributed by atoms with Crippen LogP contribution in [0.1, 0.15) is 26.3 Å². The zero-order valence-electron chi connectivity index (χ0n) is 8.02. The van der Waals surface area contributed by atoms with Crippen LogP contribution in [0.5, 0.6) is 0 Å². The maximum atomic E-state index is 10.9. The topological polar surface area (TPSA) is 74.6 Å². The Morgan fingerprint density at radius 1 is 1.19 bits per heavy atom. The first-order valence-corrected chi connectivity index (χ1v) is 4.14. The Kier molecular flexibility index (Phi) is 3.32. The van der Waals surface area contributed by atoms with E-state index in [0.717, 1.165) is 0 Å². The van der Waals surface area contributed by atoms with Gasteiger partial charge in [0.1, 0.15) is 0 Å². The van der Waals surface area contributed by atoms with Gasteiger partial charge < -0.3 is 10.2 Å².